The Bertz CT molecular complexity index is 465. The summed E-state index contributed by atoms with van der Waals surface area (Å²) in [5.41, 5.74) is 2.20. The lowest BCUT2D eigenvalue weighted by molar-refractivity contribution is 0.696. The van der Waals surface area contributed by atoms with Crippen molar-refractivity contribution >= 4 is 22.6 Å². The Kier molecular flexibility index (Phi) is 3.95. The van der Waals surface area contributed by atoms with Gasteiger partial charge < -0.3 is 5.32 Å². The molecule has 0 unspecified atom stereocenters. The molecular formula is C12H14IN3. The van der Waals surface area contributed by atoms with Crippen molar-refractivity contribution < 1.29 is 0 Å². The van der Waals surface area contributed by atoms with Crippen molar-refractivity contribution in [2.45, 2.75) is 13.5 Å². The highest BCUT2D eigenvalue weighted by Gasteiger charge is 2.03. The third-order valence-corrected chi connectivity index (χ3v) is 3.21. The number of halogens is 1. The number of hydrogen-bond acceptors (Lipinski definition) is 2. The van der Waals surface area contributed by atoms with E-state index in [1.807, 2.05) is 29.1 Å². The normalized spacial score (nSPS) is 10.6. The molecule has 0 radical (unpaired) electrons. The molecule has 2 rings (SSSR count). The Balaban J connectivity index is 2.22. The molecule has 0 aliphatic rings. The number of aromatic nitrogens is 2. The minimum atomic E-state index is 0.826. The molecule has 1 N–H and O–H groups in total. The van der Waals surface area contributed by atoms with Crippen molar-refractivity contribution in [2.75, 3.05) is 6.54 Å². The fourth-order valence-corrected chi connectivity index (χ4v) is 2.12. The summed E-state index contributed by atoms with van der Waals surface area (Å²) in [6, 6.07) is 10.3. The van der Waals surface area contributed by atoms with Gasteiger partial charge in [-0.25, -0.2) is 4.68 Å². The molecule has 2 aromatic rings. The SMILES string of the molecule is CCNCc1ccn(-c2ccccc2I)n1. The van der Waals surface area contributed by atoms with E-state index >= 15 is 0 Å². The van der Waals surface area contributed by atoms with Crippen LogP contribution >= 0.6 is 22.6 Å². The van der Waals surface area contributed by atoms with Gasteiger partial charge in [-0.05, 0) is 47.3 Å². The predicted octanol–water partition coefficient (Wildman–Crippen LogP) is 2.59. The number of benzene rings is 1. The fourth-order valence-electron chi connectivity index (χ4n) is 1.48. The van der Waals surface area contributed by atoms with Gasteiger partial charge in [0, 0.05) is 16.3 Å². The van der Waals surface area contributed by atoms with E-state index in [0.29, 0.717) is 0 Å². The second-order valence-corrected chi connectivity index (χ2v) is 4.65. The van der Waals surface area contributed by atoms with Gasteiger partial charge in [0.1, 0.15) is 0 Å². The molecule has 0 spiro atoms. The number of nitrogens with one attached hydrogen (secondary N) is 1. The molecular weight excluding hydrogens is 313 g/mol. The van der Waals surface area contributed by atoms with E-state index < -0.39 is 0 Å². The van der Waals surface area contributed by atoms with Crippen LogP contribution in [0.2, 0.25) is 0 Å². The summed E-state index contributed by atoms with van der Waals surface area (Å²) in [7, 11) is 0. The number of para-hydroxylation sites is 1. The molecule has 4 heteroatoms. The van der Waals surface area contributed by atoms with Crippen LogP contribution in [0.4, 0.5) is 0 Å². The first-order chi connectivity index (χ1) is 7.81. The summed E-state index contributed by atoms with van der Waals surface area (Å²) in [4.78, 5) is 0. The highest BCUT2D eigenvalue weighted by atomic mass is 127. The number of hydrogen-bond donors (Lipinski definition) is 1. The maximum Gasteiger partial charge on any atom is 0.0779 e. The van der Waals surface area contributed by atoms with E-state index in [-0.39, 0.29) is 0 Å². The maximum atomic E-state index is 4.53. The van der Waals surface area contributed by atoms with Gasteiger partial charge in [-0.1, -0.05) is 19.1 Å². The molecule has 1 heterocycles. The molecule has 16 heavy (non-hydrogen) atoms. The number of nitrogens with zero attached hydrogens (tertiary/aromatic N) is 2. The third kappa shape index (κ3) is 2.62. The van der Waals surface area contributed by atoms with Crippen molar-refractivity contribution in [3.63, 3.8) is 0 Å². The van der Waals surface area contributed by atoms with Crippen molar-refractivity contribution in [1.82, 2.24) is 15.1 Å². The Morgan fingerprint density at radius 3 is 2.88 bits per heavy atom. The van der Waals surface area contributed by atoms with Crippen LogP contribution in [0.5, 0.6) is 0 Å². The van der Waals surface area contributed by atoms with Crippen LogP contribution in [-0.2, 0) is 6.54 Å². The molecule has 1 aromatic carbocycles. The molecule has 0 bridgehead atoms. The zero-order chi connectivity index (χ0) is 11.4. The quantitative estimate of drug-likeness (QED) is 0.875. The number of rotatable bonds is 4. The summed E-state index contributed by atoms with van der Waals surface area (Å²) in [6.45, 7) is 3.89. The maximum absolute atomic E-state index is 4.53. The molecule has 0 fully saturated rings. The van der Waals surface area contributed by atoms with Crippen molar-refractivity contribution in [3.8, 4) is 5.69 Å². The topological polar surface area (TPSA) is 29.9 Å². The van der Waals surface area contributed by atoms with Crippen LogP contribution < -0.4 is 5.32 Å². The zero-order valence-corrected chi connectivity index (χ0v) is 11.3. The van der Waals surface area contributed by atoms with Gasteiger partial charge in [0.2, 0.25) is 0 Å². The van der Waals surface area contributed by atoms with E-state index in [9.17, 15) is 0 Å². The van der Waals surface area contributed by atoms with Gasteiger partial charge in [0.05, 0.1) is 11.4 Å². The van der Waals surface area contributed by atoms with Crippen LogP contribution in [-0.4, -0.2) is 16.3 Å². The van der Waals surface area contributed by atoms with Crippen LogP contribution in [0.15, 0.2) is 36.5 Å². The monoisotopic (exact) mass is 327 g/mol. The molecule has 84 valence electrons. The van der Waals surface area contributed by atoms with Gasteiger partial charge in [-0.15, -0.1) is 0 Å². The van der Waals surface area contributed by atoms with Gasteiger partial charge in [-0.2, -0.15) is 5.10 Å². The second kappa shape index (κ2) is 5.45. The molecule has 0 atom stereocenters. The summed E-state index contributed by atoms with van der Waals surface area (Å²) < 4.78 is 3.13. The van der Waals surface area contributed by atoms with E-state index in [1.165, 1.54) is 3.57 Å². The molecule has 0 aliphatic heterocycles. The highest BCUT2D eigenvalue weighted by molar-refractivity contribution is 14.1. The minimum Gasteiger partial charge on any atom is -0.311 e. The van der Waals surface area contributed by atoms with Gasteiger partial charge >= 0.3 is 0 Å². The highest BCUT2D eigenvalue weighted by Crippen LogP contribution is 2.15. The van der Waals surface area contributed by atoms with Gasteiger partial charge in [0.25, 0.3) is 0 Å². The Morgan fingerprint density at radius 2 is 2.12 bits per heavy atom. The van der Waals surface area contributed by atoms with Crippen LogP contribution in [0.25, 0.3) is 5.69 Å². The van der Waals surface area contributed by atoms with E-state index in [2.05, 4.69) is 52.1 Å². The standard InChI is InChI=1S/C12H14IN3/c1-2-14-9-10-7-8-16(15-10)12-6-4-3-5-11(12)13/h3-8,14H,2,9H2,1H3. The molecule has 3 nitrogen and oxygen atoms in total. The largest absolute Gasteiger partial charge is 0.311 e. The van der Waals surface area contributed by atoms with Crippen molar-refractivity contribution in [3.05, 3.63) is 45.8 Å². The smallest absolute Gasteiger partial charge is 0.0779 e. The second-order valence-electron chi connectivity index (χ2n) is 3.48. The summed E-state index contributed by atoms with van der Waals surface area (Å²) >= 11 is 2.33. The van der Waals surface area contributed by atoms with Crippen molar-refractivity contribution in [1.29, 1.82) is 0 Å². The van der Waals surface area contributed by atoms with Crippen LogP contribution in [0.1, 0.15) is 12.6 Å². The summed E-state index contributed by atoms with van der Waals surface area (Å²) in [6.07, 6.45) is 2.00. The summed E-state index contributed by atoms with van der Waals surface area (Å²) in [5.74, 6) is 0. The first kappa shape index (κ1) is 11.6. The third-order valence-electron chi connectivity index (χ3n) is 2.30. The molecule has 0 saturated heterocycles. The molecule has 0 aliphatic carbocycles. The minimum absolute atomic E-state index is 0.826. The Hall–Kier alpha value is -0.880. The van der Waals surface area contributed by atoms with E-state index in [0.717, 1.165) is 24.5 Å². The Labute approximate surface area is 109 Å². The molecule has 1 aromatic heterocycles. The lowest BCUT2D eigenvalue weighted by atomic mass is 10.3. The average molecular weight is 327 g/mol. The first-order valence-corrected chi connectivity index (χ1v) is 6.39. The van der Waals surface area contributed by atoms with Gasteiger partial charge in [0.15, 0.2) is 0 Å². The Morgan fingerprint density at radius 1 is 1.31 bits per heavy atom. The lowest BCUT2D eigenvalue weighted by Gasteiger charge is -2.03. The van der Waals surface area contributed by atoms with Crippen LogP contribution in [0.3, 0.4) is 0 Å². The van der Waals surface area contributed by atoms with E-state index in [1.54, 1.807) is 0 Å². The van der Waals surface area contributed by atoms with Crippen molar-refractivity contribution in [2.24, 2.45) is 0 Å². The first-order valence-electron chi connectivity index (χ1n) is 5.31. The van der Waals surface area contributed by atoms with Gasteiger partial charge in [-0.3, -0.25) is 0 Å². The average Bonchev–Trinajstić information content (AvgIpc) is 2.75. The zero-order valence-electron chi connectivity index (χ0n) is 9.15. The molecule has 0 saturated carbocycles. The summed E-state index contributed by atoms with van der Waals surface area (Å²) in [5, 5.41) is 7.79. The lowest BCUT2D eigenvalue weighted by Crippen LogP contribution is -2.12. The predicted molar refractivity (Wildman–Crippen MR) is 73.7 cm³/mol. The van der Waals surface area contributed by atoms with Crippen LogP contribution in [0, 0.1) is 3.57 Å². The molecule has 0 amide bonds. The fraction of sp³-hybridized carbons (Fsp3) is 0.250. The van der Waals surface area contributed by atoms with E-state index in [4.69, 9.17) is 0 Å².